The Morgan fingerprint density at radius 2 is 1.67 bits per heavy atom. The average Bonchev–Trinajstić information content (AvgIpc) is 2.50. The van der Waals surface area contributed by atoms with Crippen molar-refractivity contribution in [1.82, 2.24) is 5.32 Å². The molecule has 142 valence electrons. The molecule has 1 amide bonds. The lowest BCUT2D eigenvalue weighted by Gasteiger charge is -2.32. The summed E-state index contributed by atoms with van der Waals surface area (Å²) in [6, 6.07) is 0. The van der Waals surface area contributed by atoms with E-state index in [1.165, 1.54) is 0 Å². The summed E-state index contributed by atoms with van der Waals surface area (Å²) < 4.78 is 11.9. The molecule has 1 atom stereocenters. The van der Waals surface area contributed by atoms with Crippen LogP contribution < -0.4 is 5.32 Å². The highest BCUT2D eigenvalue weighted by atomic mass is 16.5. The van der Waals surface area contributed by atoms with Gasteiger partial charge in [0, 0.05) is 19.6 Å². The molecule has 0 aliphatic rings. The van der Waals surface area contributed by atoms with Crippen LogP contribution in [0.5, 0.6) is 0 Å². The van der Waals surface area contributed by atoms with Gasteiger partial charge in [0.05, 0.1) is 24.2 Å². The Hall–Kier alpha value is -1.14. The first-order valence-corrected chi connectivity index (χ1v) is 8.90. The Morgan fingerprint density at radius 1 is 1.00 bits per heavy atom. The predicted molar refractivity (Wildman–Crippen MR) is 94.1 cm³/mol. The van der Waals surface area contributed by atoms with E-state index in [2.05, 4.69) is 33.0 Å². The van der Waals surface area contributed by atoms with Crippen molar-refractivity contribution in [2.45, 2.75) is 84.3 Å². The van der Waals surface area contributed by atoms with Gasteiger partial charge in [0.1, 0.15) is 0 Å². The van der Waals surface area contributed by atoms with Crippen molar-refractivity contribution in [2.24, 2.45) is 0 Å². The molecule has 6 heteroatoms. The molecule has 24 heavy (non-hydrogen) atoms. The van der Waals surface area contributed by atoms with Gasteiger partial charge in [-0.1, -0.05) is 13.8 Å². The van der Waals surface area contributed by atoms with Crippen molar-refractivity contribution >= 4 is 11.9 Å². The minimum absolute atomic E-state index is 0.0159. The van der Waals surface area contributed by atoms with E-state index in [0.717, 1.165) is 25.9 Å². The third-order valence-electron chi connectivity index (χ3n) is 4.14. The summed E-state index contributed by atoms with van der Waals surface area (Å²) >= 11 is 0. The lowest BCUT2D eigenvalue weighted by molar-refractivity contribution is -0.138. The van der Waals surface area contributed by atoms with Gasteiger partial charge < -0.3 is 19.9 Å². The quantitative estimate of drug-likeness (QED) is 0.505. The summed E-state index contributed by atoms with van der Waals surface area (Å²) in [6.45, 7) is 12.2. The first-order valence-electron chi connectivity index (χ1n) is 8.90. The van der Waals surface area contributed by atoms with Crippen LogP contribution in [0.3, 0.4) is 0 Å². The smallest absolute Gasteiger partial charge is 0.303 e. The number of hydrogen-bond donors (Lipinski definition) is 2. The average molecular weight is 345 g/mol. The number of carboxylic acid groups (broad SMARTS) is 1. The molecule has 0 aliphatic carbocycles. The van der Waals surface area contributed by atoms with Crippen LogP contribution in [0.2, 0.25) is 0 Å². The van der Waals surface area contributed by atoms with Gasteiger partial charge in [-0.2, -0.15) is 0 Å². The Morgan fingerprint density at radius 3 is 2.21 bits per heavy atom. The second-order valence-electron chi connectivity index (χ2n) is 7.00. The Kier molecular flexibility index (Phi) is 10.9. The van der Waals surface area contributed by atoms with Crippen LogP contribution in [0, 0.1) is 0 Å². The molecule has 0 aromatic carbocycles. The van der Waals surface area contributed by atoms with Gasteiger partial charge in [-0.25, -0.2) is 0 Å². The van der Waals surface area contributed by atoms with Gasteiger partial charge in [-0.05, 0) is 46.5 Å². The molecular formula is C18H35NO5. The fourth-order valence-electron chi connectivity index (χ4n) is 2.12. The van der Waals surface area contributed by atoms with E-state index in [1.54, 1.807) is 0 Å². The van der Waals surface area contributed by atoms with E-state index in [-0.39, 0.29) is 30.0 Å². The van der Waals surface area contributed by atoms with Crippen LogP contribution in [0.1, 0.15) is 73.1 Å². The highest BCUT2D eigenvalue weighted by molar-refractivity contribution is 5.80. The van der Waals surface area contributed by atoms with Crippen molar-refractivity contribution < 1.29 is 24.2 Å². The van der Waals surface area contributed by atoms with E-state index in [1.807, 2.05) is 6.92 Å². The maximum atomic E-state index is 11.5. The van der Waals surface area contributed by atoms with E-state index in [4.69, 9.17) is 14.6 Å². The maximum absolute atomic E-state index is 11.5. The van der Waals surface area contributed by atoms with Gasteiger partial charge in [0.2, 0.25) is 5.91 Å². The van der Waals surface area contributed by atoms with Crippen LogP contribution in [0.4, 0.5) is 0 Å². The van der Waals surface area contributed by atoms with Crippen molar-refractivity contribution in [3.05, 3.63) is 0 Å². The number of carboxylic acids is 1. The van der Waals surface area contributed by atoms with Crippen LogP contribution in [-0.2, 0) is 19.1 Å². The summed E-state index contributed by atoms with van der Waals surface area (Å²) in [4.78, 5) is 22.0. The number of carbonyl (C=O) groups excluding carboxylic acids is 1. The minimum atomic E-state index is -0.959. The summed E-state index contributed by atoms with van der Waals surface area (Å²) in [7, 11) is 0. The number of amides is 1. The molecule has 0 radical (unpaired) electrons. The number of nitrogens with one attached hydrogen (secondary N) is 1. The zero-order valence-electron chi connectivity index (χ0n) is 15.9. The highest BCUT2D eigenvalue weighted by Gasteiger charge is 2.25. The molecule has 0 heterocycles. The molecule has 0 saturated carbocycles. The third kappa shape index (κ3) is 11.4. The second kappa shape index (κ2) is 11.4. The largest absolute Gasteiger partial charge is 0.481 e. The number of rotatable bonds is 14. The van der Waals surface area contributed by atoms with Gasteiger partial charge in [0.25, 0.3) is 0 Å². The van der Waals surface area contributed by atoms with Gasteiger partial charge in [0.15, 0.2) is 0 Å². The topological polar surface area (TPSA) is 84.9 Å². The van der Waals surface area contributed by atoms with Gasteiger partial charge in [-0.3, -0.25) is 9.59 Å². The Bertz CT molecular complexity index is 384. The van der Waals surface area contributed by atoms with Crippen molar-refractivity contribution in [3.8, 4) is 0 Å². The molecule has 2 N–H and O–H groups in total. The van der Waals surface area contributed by atoms with Gasteiger partial charge in [-0.15, -0.1) is 0 Å². The van der Waals surface area contributed by atoms with E-state index in [0.29, 0.717) is 19.6 Å². The SMILES string of the molecule is CCCOC(C)(C)CCOC(C)(CC)CCNC(=O)CCC(=O)O. The molecule has 0 saturated heterocycles. The molecule has 0 rings (SSSR count). The molecule has 0 fully saturated rings. The van der Waals surface area contributed by atoms with Crippen LogP contribution in [0.15, 0.2) is 0 Å². The van der Waals surface area contributed by atoms with Crippen LogP contribution >= 0.6 is 0 Å². The lowest BCUT2D eigenvalue weighted by Crippen LogP contribution is -2.36. The lowest BCUT2D eigenvalue weighted by atomic mass is 9.98. The van der Waals surface area contributed by atoms with Crippen molar-refractivity contribution in [2.75, 3.05) is 19.8 Å². The maximum Gasteiger partial charge on any atom is 0.303 e. The summed E-state index contributed by atoms with van der Waals surface area (Å²) in [6.07, 6.45) is 3.22. The zero-order valence-corrected chi connectivity index (χ0v) is 15.9. The normalized spacial score (nSPS) is 14.2. The molecule has 0 aromatic heterocycles. The van der Waals surface area contributed by atoms with Gasteiger partial charge >= 0.3 is 5.97 Å². The number of aliphatic carboxylic acids is 1. The first kappa shape index (κ1) is 22.9. The number of hydrogen-bond acceptors (Lipinski definition) is 4. The molecule has 0 aliphatic heterocycles. The Balaban J connectivity index is 4.11. The number of carbonyl (C=O) groups is 2. The fraction of sp³-hybridized carbons (Fsp3) is 0.889. The molecule has 0 bridgehead atoms. The van der Waals surface area contributed by atoms with Crippen molar-refractivity contribution in [1.29, 1.82) is 0 Å². The Labute approximate surface area is 146 Å². The number of ether oxygens (including phenoxy) is 2. The third-order valence-corrected chi connectivity index (χ3v) is 4.14. The minimum Gasteiger partial charge on any atom is -0.481 e. The monoisotopic (exact) mass is 345 g/mol. The van der Waals surface area contributed by atoms with E-state index < -0.39 is 5.97 Å². The fourth-order valence-corrected chi connectivity index (χ4v) is 2.12. The molecule has 1 unspecified atom stereocenters. The highest BCUT2D eigenvalue weighted by Crippen LogP contribution is 2.22. The second-order valence-corrected chi connectivity index (χ2v) is 7.00. The molecule has 0 aromatic rings. The summed E-state index contributed by atoms with van der Waals surface area (Å²) in [5.74, 6) is -1.19. The molecule has 0 spiro atoms. The molecule has 6 nitrogen and oxygen atoms in total. The summed E-state index contributed by atoms with van der Waals surface area (Å²) in [5, 5.41) is 11.3. The van der Waals surface area contributed by atoms with Crippen LogP contribution in [0.25, 0.3) is 0 Å². The van der Waals surface area contributed by atoms with E-state index in [9.17, 15) is 9.59 Å². The first-order chi connectivity index (χ1) is 11.1. The standard InChI is InChI=1S/C18H35NO5/c1-6-13-23-17(3,4)11-14-24-18(5,7-2)10-12-19-15(20)8-9-16(21)22/h6-14H2,1-5H3,(H,19,20)(H,21,22). The van der Waals surface area contributed by atoms with E-state index >= 15 is 0 Å². The summed E-state index contributed by atoms with van der Waals surface area (Å²) in [5.41, 5.74) is -0.503. The molecular weight excluding hydrogens is 310 g/mol. The predicted octanol–water partition coefficient (Wildman–Crippen LogP) is 3.14. The van der Waals surface area contributed by atoms with Crippen LogP contribution in [-0.4, -0.2) is 47.9 Å². The zero-order chi connectivity index (χ0) is 18.6. The van der Waals surface area contributed by atoms with Crippen molar-refractivity contribution in [3.63, 3.8) is 0 Å².